The number of hydrogen-bond donors (Lipinski definition) is 2. The Morgan fingerprint density at radius 1 is 1.19 bits per heavy atom. The third kappa shape index (κ3) is 4.62. The number of aryl methyl sites for hydroxylation is 1. The summed E-state index contributed by atoms with van der Waals surface area (Å²) in [6.07, 6.45) is 4.65. The number of rotatable bonds is 6. The highest BCUT2D eigenvalue weighted by molar-refractivity contribution is 7.89. The number of carboxylic acids is 1. The van der Waals surface area contributed by atoms with Gasteiger partial charge in [0.2, 0.25) is 15.9 Å². The number of nitrogens with one attached hydrogen (secondary N) is 1. The first-order chi connectivity index (χ1) is 17.2. The average molecular weight is 512 g/mol. The molecule has 1 saturated heterocycles. The van der Waals surface area contributed by atoms with Crippen molar-refractivity contribution in [3.8, 4) is 0 Å². The summed E-state index contributed by atoms with van der Waals surface area (Å²) >= 11 is 0. The van der Waals surface area contributed by atoms with E-state index in [4.69, 9.17) is 4.42 Å². The number of sulfonamides is 1. The highest BCUT2D eigenvalue weighted by atomic mass is 32.2. The lowest BCUT2D eigenvalue weighted by molar-refractivity contribution is -0.126. The largest absolute Gasteiger partial charge is 0.478 e. The predicted octanol–water partition coefficient (Wildman–Crippen LogP) is 3.37. The molecule has 2 aromatic heterocycles. The maximum absolute atomic E-state index is 13.5. The molecule has 0 bridgehead atoms. The average Bonchev–Trinajstić information content (AvgIpc) is 3.39. The van der Waals surface area contributed by atoms with Gasteiger partial charge in [-0.3, -0.25) is 9.78 Å². The van der Waals surface area contributed by atoms with Gasteiger partial charge < -0.3 is 14.8 Å². The van der Waals surface area contributed by atoms with E-state index < -0.39 is 16.0 Å². The summed E-state index contributed by atoms with van der Waals surface area (Å²) in [5, 5.41) is 13.2. The maximum Gasteiger partial charge on any atom is 0.336 e. The van der Waals surface area contributed by atoms with Gasteiger partial charge in [-0.05, 0) is 73.9 Å². The Morgan fingerprint density at radius 3 is 2.67 bits per heavy atom. The molecular weight excluding hydrogens is 482 g/mol. The molecule has 1 atom stereocenters. The van der Waals surface area contributed by atoms with Crippen LogP contribution in [0.5, 0.6) is 0 Å². The smallest absolute Gasteiger partial charge is 0.336 e. The summed E-state index contributed by atoms with van der Waals surface area (Å²) in [7, 11) is -3.86. The van der Waals surface area contributed by atoms with E-state index in [1.165, 1.54) is 16.4 Å². The van der Waals surface area contributed by atoms with Crippen molar-refractivity contribution in [2.75, 3.05) is 13.1 Å². The van der Waals surface area contributed by atoms with Crippen molar-refractivity contribution >= 4 is 32.8 Å². The highest BCUT2D eigenvalue weighted by Gasteiger charge is 2.33. The zero-order valence-corrected chi connectivity index (χ0v) is 20.9. The zero-order chi connectivity index (χ0) is 25.4. The molecule has 0 radical (unpaired) electrons. The molecule has 10 heteroatoms. The number of nitrogens with zero attached hydrogens (tertiary/aromatic N) is 2. The van der Waals surface area contributed by atoms with Gasteiger partial charge in [0.25, 0.3) is 0 Å². The van der Waals surface area contributed by atoms with E-state index >= 15 is 0 Å². The van der Waals surface area contributed by atoms with Gasteiger partial charge in [-0.25, -0.2) is 13.2 Å². The van der Waals surface area contributed by atoms with Crippen molar-refractivity contribution in [1.29, 1.82) is 0 Å². The lowest BCUT2D eigenvalue weighted by atomic mass is 9.84. The van der Waals surface area contributed by atoms with Crippen LogP contribution in [-0.2, 0) is 34.2 Å². The van der Waals surface area contributed by atoms with Gasteiger partial charge in [-0.1, -0.05) is 6.92 Å². The predicted molar refractivity (Wildman–Crippen MR) is 132 cm³/mol. The van der Waals surface area contributed by atoms with Crippen molar-refractivity contribution < 1.29 is 27.5 Å². The van der Waals surface area contributed by atoms with Crippen LogP contribution in [0.1, 0.15) is 53.6 Å². The Kier molecular flexibility index (Phi) is 6.57. The number of furan rings is 1. The highest BCUT2D eigenvalue weighted by Crippen LogP contribution is 2.33. The third-order valence-electron chi connectivity index (χ3n) is 7.26. The van der Waals surface area contributed by atoms with Crippen LogP contribution in [0.3, 0.4) is 0 Å². The van der Waals surface area contributed by atoms with Gasteiger partial charge in [0, 0.05) is 30.1 Å². The fourth-order valence-corrected chi connectivity index (χ4v) is 6.73. The number of carboxylic acid groups (broad SMARTS) is 1. The minimum absolute atomic E-state index is 0.0452. The van der Waals surface area contributed by atoms with E-state index in [2.05, 4.69) is 17.2 Å². The van der Waals surface area contributed by atoms with Crippen molar-refractivity contribution in [3.05, 3.63) is 59.2 Å². The van der Waals surface area contributed by atoms with Gasteiger partial charge in [0.15, 0.2) is 0 Å². The molecule has 0 unspecified atom stereocenters. The fraction of sp³-hybridized carbons (Fsp3) is 0.423. The van der Waals surface area contributed by atoms with E-state index in [-0.39, 0.29) is 35.4 Å². The SMILES string of the molecule is C[C@H]1CCc2nc3ccc(S(=O)(=O)N4CCC(C(=O)NCc5ccco5)CC4)cc3c(C(=O)O)c2C1. The van der Waals surface area contributed by atoms with Crippen molar-refractivity contribution in [2.24, 2.45) is 11.8 Å². The molecule has 0 spiro atoms. The monoisotopic (exact) mass is 511 g/mol. The Bertz CT molecular complexity index is 1410. The second-order valence-electron chi connectivity index (χ2n) is 9.72. The minimum atomic E-state index is -3.86. The molecule has 36 heavy (non-hydrogen) atoms. The molecule has 0 saturated carbocycles. The van der Waals surface area contributed by atoms with Gasteiger partial charge in [0.1, 0.15) is 5.76 Å². The quantitative estimate of drug-likeness (QED) is 0.519. The Morgan fingerprint density at radius 2 is 1.97 bits per heavy atom. The van der Waals surface area contributed by atoms with E-state index in [0.29, 0.717) is 54.0 Å². The van der Waals surface area contributed by atoms with Crippen LogP contribution in [0, 0.1) is 11.8 Å². The lowest BCUT2D eigenvalue weighted by Gasteiger charge is -2.30. The molecule has 1 aliphatic heterocycles. The van der Waals surface area contributed by atoms with Gasteiger partial charge >= 0.3 is 5.97 Å². The van der Waals surface area contributed by atoms with E-state index in [0.717, 1.165) is 18.5 Å². The van der Waals surface area contributed by atoms with Crippen LogP contribution < -0.4 is 5.32 Å². The molecule has 1 aliphatic carbocycles. The third-order valence-corrected chi connectivity index (χ3v) is 9.16. The van der Waals surface area contributed by atoms with Crippen molar-refractivity contribution in [2.45, 2.75) is 50.5 Å². The fourth-order valence-electron chi connectivity index (χ4n) is 5.24. The first-order valence-corrected chi connectivity index (χ1v) is 13.7. The first kappa shape index (κ1) is 24.5. The number of pyridine rings is 1. The molecule has 3 heterocycles. The number of piperidine rings is 1. The van der Waals surface area contributed by atoms with E-state index in [1.807, 2.05) is 0 Å². The van der Waals surface area contributed by atoms with Gasteiger partial charge in [0.05, 0.1) is 28.8 Å². The number of aromatic nitrogens is 1. The van der Waals surface area contributed by atoms with Crippen LogP contribution in [0.15, 0.2) is 45.9 Å². The van der Waals surface area contributed by atoms with E-state index in [9.17, 15) is 23.1 Å². The molecule has 2 aliphatic rings. The number of hydrogen-bond acceptors (Lipinski definition) is 6. The van der Waals surface area contributed by atoms with Crippen LogP contribution in [0.25, 0.3) is 10.9 Å². The van der Waals surface area contributed by atoms with Crippen LogP contribution in [0.4, 0.5) is 0 Å². The minimum Gasteiger partial charge on any atom is -0.478 e. The molecule has 1 fully saturated rings. The summed E-state index contributed by atoms with van der Waals surface area (Å²) in [5.41, 5.74) is 2.16. The number of fused-ring (bicyclic) bond motifs is 2. The standard InChI is InChI=1S/C26H29N3O6S/c1-16-4-6-22-20(13-16)24(26(31)32)21-14-19(5-7-23(21)28-22)36(33,34)29-10-8-17(9-11-29)25(30)27-15-18-3-2-12-35-18/h2-3,5,7,12,14,16-17H,4,6,8-11,13,15H2,1H3,(H,27,30)(H,31,32)/t16-/m0/s1. The summed E-state index contributed by atoms with van der Waals surface area (Å²) in [6, 6.07) is 8.07. The second-order valence-corrected chi connectivity index (χ2v) is 11.7. The van der Waals surface area contributed by atoms with Crippen LogP contribution in [-0.4, -0.2) is 47.8 Å². The zero-order valence-electron chi connectivity index (χ0n) is 20.1. The molecule has 1 aromatic carbocycles. The van der Waals surface area contributed by atoms with Crippen LogP contribution >= 0.6 is 0 Å². The number of benzene rings is 1. The van der Waals surface area contributed by atoms with Crippen molar-refractivity contribution in [3.63, 3.8) is 0 Å². The maximum atomic E-state index is 13.5. The van der Waals surface area contributed by atoms with E-state index in [1.54, 1.807) is 24.5 Å². The lowest BCUT2D eigenvalue weighted by Crippen LogP contribution is -2.42. The molecular formula is C26H29N3O6S. The molecule has 1 amide bonds. The molecule has 9 nitrogen and oxygen atoms in total. The molecule has 2 N–H and O–H groups in total. The van der Waals surface area contributed by atoms with Gasteiger partial charge in [-0.15, -0.1) is 0 Å². The Balaban J connectivity index is 1.35. The summed E-state index contributed by atoms with van der Waals surface area (Å²) < 4.78 is 33.5. The van der Waals surface area contributed by atoms with Gasteiger partial charge in [-0.2, -0.15) is 4.31 Å². The number of aromatic carboxylic acids is 1. The topological polar surface area (TPSA) is 130 Å². The number of amides is 1. The second kappa shape index (κ2) is 9.67. The van der Waals surface area contributed by atoms with Crippen LogP contribution in [0.2, 0.25) is 0 Å². The van der Waals surface area contributed by atoms with Crippen molar-refractivity contribution in [1.82, 2.24) is 14.6 Å². The number of carbonyl (C=O) groups excluding carboxylic acids is 1. The summed E-state index contributed by atoms with van der Waals surface area (Å²) in [5.74, 6) is -0.460. The Labute approximate surface area is 209 Å². The Hall–Kier alpha value is -3.24. The molecule has 5 rings (SSSR count). The molecule has 190 valence electrons. The summed E-state index contributed by atoms with van der Waals surface area (Å²) in [4.78, 5) is 29.5. The molecule has 3 aromatic rings. The number of carbonyl (C=O) groups is 2. The normalized spacial score (nSPS) is 19.2. The first-order valence-electron chi connectivity index (χ1n) is 12.2. The summed E-state index contributed by atoms with van der Waals surface area (Å²) in [6.45, 7) is 2.81.